The first-order valence-electron chi connectivity index (χ1n) is 4.71. The van der Waals surface area contributed by atoms with Gasteiger partial charge in [0, 0.05) is 12.6 Å². The minimum Gasteiger partial charge on any atom is -0.377 e. The minimum atomic E-state index is 0.301. The Morgan fingerprint density at radius 2 is 2.09 bits per heavy atom. The van der Waals surface area contributed by atoms with E-state index in [2.05, 4.69) is 6.92 Å². The molecular weight excluding hydrogens is 138 g/mol. The summed E-state index contributed by atoms with van der Waals surface area (Å²) in [5, 5.41) is 0. The third-order valence-electron chi connectivity index (χ3n) is 2.29. The molecule has 0 amide bonds. The first-order valence-corrected chi connectivity index (χ1v) is 4.71. The molecule has 0 unspecified atom stereocenters. The Morgan fingerprint density at radius 3 is 2.73 bits per heavy atom. The fourth-order valence-corrected chi connectivity index (χ4v) is 1.60. The van der Waals surface area contributed by atoms with Crippen LogP contribution in [0, 0.1) is 0 Å². The lowest BCUT2D eigenvalue weighted by Crippen LogP contribution is -2.39. The van der Waals surface area contributed by atoms with Crippen molar-refractivity contribution in [1.29, 1.82) is 0 Å². The van der Waals surface area contributed by atoms with Gasteiger partial charge in [-0.15, -0.1) is 0 Å². The van der Waals surface area contributed by atoms with Gasteiger partial charge in [0.05, 0.1) is 6.10 Å². The van der Waals surface area contributed by atoms with Gasteiger partial charge in [-0.05, 0) is 19.3 Å². The summed E-state index contributed by atoms with van der Waals surface area (Å²) in [4.78, 5) is 0. The van der Waals surface area contributed by atoms with Crippen LogP contribution >= 0.6 is 0 Å². The van der Waals surface area contributed by atoms with Crippen molar-refractivity contribution >= 4 is 0 Å². The van der Waals surface area contributed by atoms with Gasteiger partial charge in [0.2, 0.25) is 0 Å². The number of hydrogen-bond acceptors (Lipinski definition) is 2. The van der Waals surface area contributed by atoms with Gasteiger partial charge < -0.3 is 10.5 Å². The van der Waals surface area contributed by atoms with Crippen molar-refractivity contribution in [1.82, 2.24) is 0 Å². The lowest BCUT2D eigenvalue weighted by Gasteiger charge is -2.28. The van der Waals surface area contributed by atoms with Crippen LogP contribution in [0.5, 0.6) is 0 Å². The minimum absolute atomic E-state index is 0.301. The zero-order chi connectivity index (χ0) is 8.10. The maximum absolute atomic E-state index is 5.89. The largest absolute Gasteiger partial charge is 0.377 e. The molecule has 0 bridgehead atoms. The fourth-order valence-electron chi connectivity index (χ4n) is 1.60. The van der Waals surface area contributed by atoms with E-state index in [4.69, 9.17) is 10.5 Å². The van der Waals surface area contributed by atoms with Gasteiger partial charge in [-0.2, -0.15) is 0 Å². The highest BCUT2D eigenvalue weighted by Gasteiger charge is 2.21. The first-order chi connectivity index (χ1) is 5.34. The zero-order valence-corrected chi connectivity index (χ0v) is 7.38. The first kappa shape index (κ1) is 9.01. The second-order valence-corrected chi connectivity index (χ2v) is 3.36. The molecule has 0 heterocycles. The number of hydrogen-bond donors (Lipinski definition) is 1. The molecule has 2 atom stereocenters. The summed E-state index contributed by atoms with van der Waals surface area (Å²) in [6, 6.07) is 0.301. The Labute approximate surface area is 69.1 Å². The molecule has 1 aliphatic rings. The molecule has 1 saturated carbocycles. The van der Waals surface area contributed by atoms with Gasteiger partial charge in [0.1, 0.15) is 0 Å². The van der Waals surface area contributed by atoms with E-state index in [0.29, 0.717) is 12.1 Å². The van der Waals surface area contributed by atoms with Crippen molar-refractivity contribution in [3.8, 4) is 0 Å². The van der Waals surface area contributed by atoms with Crippen LogP contribution < -0.4 is 5.73 Å². The number of rotatable bonds is 3. The van der Waals surface area contributed by atoms with Crippen molar-refractivity contribution in [2.45, 2.75) is 51.2 Å². The summed E-state index contributed by atoms with van der Waals surface area (Å²) in [6.45, 7) is 3.01. The predicted octanol–water partition coefficient (Wildman–Crippen LogP) is 1.68. The second-order valence-electron chi connectivity index (χ2n) is 3.36. The Hall–Kier alpha value is -0.0800. The van der Waals surface area contributed by atoms with Crippen molar-refractivity contribution in [3.05, 3.63) is 0 Å². The summed E-state index contributed by atoms with van der Waals surface area (Å²) in [6.07, 6.45) is 6.34. The van der Waals surface area contributed by atoms with Crippen LogP contribution in [0.2, 0.25) is 0 Å². The van der Waals surface area contributed by atoms with Gasteiger partial charge in [0.15, 0.2) is 0 Å². The van der Waals surface area contributed by atoms with Crippen LogP contribution in [0.25, 0.3) is 0 Å². The average Bonchev–Trinajstić information content (AvgIpc) is 2.03. The highest BCUT2D eigenvalue weighted by atomic mass is 16.5. The van der Waals surface area contributed by atoms with Crippen LogP contribution in [0.4, 0.5) is 0 Å². The Morgan fingerprint density at radius 1 is 1.36 bits per heavy atom. The average molecular weight is 157 g/mol. The molecule has 2 heteroatoms. The molecule has 0 aromatic heterocycles. The third-order valence-corrected chi connectivity index (χ3v) is 2.29. The highest BCUT2D eigenvalue weighted by molar-refractivity contribution is 4.78. The SMILES string of the molecule is CCCO[C@@H]1CCCC[C@H]1N. The van der Waals surface area contributed by atoms with Crippen LogP contribution in [-0.4, -0.2) is 18.8 Å². The Bertz CT molecular complexity index is 106. The highest BCUT2D eigenvalue weighted by Crippen LogP contribution is 2.19. The molecule has 1 rings (SSSR count). The molecule has 0 saturated heterocycles. The normalized spacial score (nSPS) is 32.2. The van der Waals surface area contributed by atoms with E-state index in [1.54, 1.807) is 0 Å². The lowest BCUT2D eigenvalue weighted by molar-refractivity contribution is 0.0155. The summed E-state index contributed by atoms with van der Waals surface area (Å²) in [5.41, 5.74) is 5.89. The monoisotopic (exact) mass is 157 g/mol. The second kappa shape index (κ2) is 4.73. The molecule has 1 fully saturated rings. The zero-order valence-electron chi connectivity index (χ0n) is 7.38. The smallest absolute Gasteiger partial charge is 0.0725 e. The van der Waals surface area contributed by atoms with Gasteiger partial charge in [-0.1, -0.05) is 19.8 Å². The molecule has 0 aromatic rings. The molecule has 1 aliphatic carbocycles. The van der Waals surface area contributed by atoms with Crippen LogP contribution in [0.3, 0.4) is 0 Å². The van der Waals surface area contributed by atoms with Gasteiger partial charge in [-0.25, -0.2) is 0 Å². The van der Waals surface area contributed by atoms with Gasteiger partial charge in [0.25, 0.3) is 0 Å². The van der Waals surface area contributed by atoms with E-state index in [1.807, 2.05) is 0 Å². The van der Waals surface area contributed by atoms with Crippen molar-refractivity contribution in [2.75, 3.05) is 6.61 Å². The molecule has 0 spiro atoms. The third kappa shape index (κ3) is 2.80. The fraction of sp³-hybridized carbons (Fsp3) is 1.00. The van der Waals surface area contributed by atoms with E-state index in [9.17, 15) is 0 Å². The lowest BCUT2D eigenvalue weighted by atomic mass is 9.93. The van der Waals surface area contributed by atoms with E-state index < -0.39 is 0 Å². The molecule has 66 valence electrons. The van der Waals surface area contributed by atoms with Crippen LogP contribution in [0.15, 0.2) is 0 Å². The van der Waals surface area contributed by atoms with E-state index in [-0.39, 0.29) is 0 Å². The van der Waals surface area contributed by atoms with Gasteiger partial charge in [-0.3, -0.25) is 0 Å². The van der Waals surface area contributed by atoms with E-state index in [0.717, 1.165) is 19.4 Å². The van der Waals surface area contributed by atoms with Crippen molar-refractivity contribution in [3.63, 3.8) is 0 Å². The van der Waals surface area contributed by atoms with Crippen LogP contribution in [-0.2, 0) is 4.74 Å². The summed E-state index contributed by atoms with van der Waals surface area (Å²) in [7, 11) is 0. The predicted molar refractivity (Wildman–Crippen MR) is 46.5 cm³/mol. The number of ether oxygens (including phenoxy) is 1. The topological polar surface area (TPSA) is 35.2 Å². The Balaban J connectivity index is 2.18. The van der Waals surface area contributed by atoms with Crippen LogP contribution in [0.1, 0.15) is 39.0 Å². The maximum Gasteiger partial charge on any atom is 0.0725 e. The van der Waals surface area contributed by atoms with Gasteiger partial charge >= 0.3 is 0 Å². The standard InChI is InChI=1S/C9H19NO/c1-2-7-11-9-6-4-3-5-8(9)10/h8-9H,2-7,10H2,1H3/t8-,9-/m1/s1. The van der Waals surface area contributed by atoms with E-state index >= 15 is 0 Å². The number of nitrogens with two attached hydrogens (primary N) is 1. The molecule has 0 aliphatic heterocycles. The molecular formula is C9H19NO. The molecule has 2 nitrogen and oxygen atoms in total. The Kier molecular flexibility index (Phi) is 3.87. The summed E-state index contributed by atoms with van der Waals surface area (Å²) in [5.74, 6) is 0. The van der Waals surface area contributed by atoms with Crippen molar-refractivity contribution < 1.29 is 4.74 Å². The molecule has 2 N–H and O–H groups in total. The molecule has 0 radical (unpaired) electrons. The molecule has 11 heavy (non-hydrogen) atoms. The summed E-state index contributed by atoms with van der Waals surface area (Å²) < 4.78 is 5.62. The molecule has 0 aromatic carbocycles. The quantitative estimate of drug-likeness (QED) is 0.676. The van der Waals surface area contributed by atoms with Crippen molar-refractivity contribution in [2.24, 2.45) is 5.73 Å². The maximum atomic E-state index is 5.89. The van der Waals surface area contributed by atoms with E-state index in [1.165, 1.54) is 19.3 Å². The summed E-state index contributed by atoms with van der Waals surface area (Å²) >= 11 is 0.